The minimum Gasteiger partial charge on any atom is -0.376 e. The first-order chi connectivity index (χ1) is 7.58. The van der Waals surface area contributed by atoms with E-state index in [4.69, 9.17) is 15.2 Å². The summed E-state index contributed by atoms with van der Waals surface area (Å²) in [6, 6.07) is 0. The van der Waals surface area contributed by atoms with Crippen molar-refractivity contribution in [2.45, 2.75) is 58.2 Å². The molecule has 0 saturated heterocycles. The summed E-state index contributed by atoms with van der Waals surface area (Å²) in [6.07, 6.45) is 4.96. The van der Waals surface area contributed by atoms with Gasteiger partial charge in [-0.3, -0.25) is 0 Å². The molecule has 3 heteroatoms. The predicted molar refractivity (Wildman–Crippen MR) is 66.5 cm³/mol. The van der Waals surface area contributed by atoms with E-state index in [0.717, 1.165) is 18.8 Å². The summed E-state index contributed by atoms with van der Waals surface area (Å²) in [5.41, 5.74) is 5.80. The van der Waals surface area contributed by atoms with Gasteiger partial charge in [0.1, 0.15) is 0 Å². The van der Waals surface area contributed by atoms with Crippen LogP contribution in [0.15, 0.2) is 0 Å². The average molecular weight is 229 g/mol. The third-order valence-corrected chi connectivity index (χ3v) is 3.50. The maximum Gasteiger partial charge on any atom is 0.0805 e. The van der Waals surface area contributed by atoms with E-state index in [-0.39, 0.29) is 11.7 Å². The maximum atomic E-state index is 5.97. The predicted octanol–water partition coefficient (Wildman–Crippen LogP) is 2.34. The number of hydrogen-bond donors (Lipinski definition) is 1. The van der Waals surface area contributed by atoms with Crippen LogP contribution in [-0.4, -0.2) is 31.5 Å². The quantitative estimate of drug-likeness (QED) is 0.711. The minimum atomic E-state index is -0.0626. The van der Waals surface area contributed by atoms with Crippen LogP contribution in [0.1, 0.15) is 46.5 Å². The van der Waals surface area contributed by atoms with Crippen LogP contribution in [0, 0.1) is 5.92 Å². The molecule has 16 heavy (non-hydrogen) atoms. The third-order valence-electron chi connectivity index (χ3n) is 3.50. The maximum absolute atomic E-state index is 5.97. The molecular formula is C13H27NO2. The Balaban J connectivity index is 2.25. The van der Waals surface area contributed by atoms with Gasteiger partial charge in [0.2, 0.25) is 0 Å². The molecule has 1 aliphatic rings. The van der Waals surface area contributed by atoms with Crippen molar-refractivity contribution in [3.63, 3.8) is 0 Å². The lowest BCUT2D eigenvalue weighted by molar-refractivity contribution is -0.0925. The number of hydrogen-bond acceptors (Lipinski definition) is 3. The van der Waals surface area contributed by atoms with Crippen LogP contribution in [0.3, 0.4) is 0 Å². The van der Waals surface area contributed by atoms with Gasteiger partial charge in [0.25, 0.3) is 0 Å². The van der Waals surface area contributed by atoms with Crippen LogP contribution in [0.2, 0.25) is 0 Å². The molecule has 0 aliphatic heterocycles. The second kappa shape index (κ2) is 6.58. The Morgan fingerprint density at radius 2 is 1.88 bits per heavy atom. The van der Waals surface area contributed by atoms with Gasteiger partial charge in [-0.2, -0.15) is 0 Å². The molecule has 0 heterocycles. The summed E-state index contributed by atoms with van der Waals surface area (Å²) in [4.78, 5) is 0. The Bertz CT molecular complexity index is 186. The monoisotopic (exact) mass is 229 g/mol. The minimum absolute atomic E-state index is 0.0626. The van der Waals surface area contributed by atoms with E-state index in [2.05, 4.69) is 6.92 Å². The molecule has 0 bridgehead atoms. The van der Waals surface area contributed by atoms with E-state index in [1.165, 1.54) is 12.8 Å². The van der Waals surface area contributed by atoms with Gasteiger partial charge in [-0.05, 0) is 45.4 Å². The smallest absolute Gasteiger partial charge is 0.0805 e. The molecule has 0 atom stereocenters. The summed E-state index contributed by atoms with van der Waals surface area (Å²) in [6.45, 7) is 8.38. The van der Waals surface area contributed by atoms with Crippen molar-refractivity contribution in [2.75, 3.05) is 19.8 Å². The van der Waals surface area contributed by atoms with Gasteiger partial charge in [0, 0.05) is 6.54 Å². The van der Waals surface area contributed by atoms with Crippen molar-refractivity contribution in [1.82, 2.24) is 0 Å². The zero-order valence-corrected chi connectivity index (χ0v) is 11.0. The van der Waals surface area contributed by atoms with Crippen molar-refractivity contribution in [1.29, 1.82) is 0 Å². The molecule has 0 radical (unpaired) electrons. The summed E-state index contributed by atoms with van der Waals surface area (Å²) in [7, 11) is 0. The summed E-state index contributed by atoms with van der Waals surface area (Å²) >= 11 is 0. The van der Waals surface area contributed by atoms with Crippen LogP contribution < -0.4 is 5.73 Å². The first-order valence-electron chi connectivity index (χ1n) is 6.53. The van der Waals surface area contributed by atoms with Crippen LogP contribution in [0.5, 0.6) is 0 Å². The Morgan fingerprint density at radius 1 is 1.25 bits per heavy atom. The molecule has 0 aromatic heterocycles. The Kier molecular flexibility index (Phi) is 5.73. The fraction of sp³-hybridized carbons (Fsp3) is 1.00. The highest BCUT2D eigenvalue weighted by atomic mass is 16.5. The average Bonchev–Trinajstić information content (AvgIpc) is 2.27. The van der Waals surface area contributed by atoms with E-state index >= 15 is 0 Å². The third kappa shape index (κ3) is 4.40. The summed E-state index contributed by atoms with van der Waals surface area (Å²) < 4.78 is 11.4. The van der Waals surface area contributed by atoms with E-state index in [1.807, 2.05) is 13.8 Å². The zero-order chi connectivity index (χ0) is 12.0. The number of nitrogens with two attached hydrogens (primary N) is 1. The molecule has 1 fully saturated rings. The van der Waals surface area contributed by atoms with Crippen LogP contribution in [-0.2, 0) is 9.47 Å². The van der Waals surface area contributed by atoms with E-state index in [0.29, 0.717) is 19.8 Å². The Hall–Kier alpha value is -0.120. The van der Waals surface area contributed by atoms with Gasteiger partial charge in [-0.25, -0.2) is 0 Å². The van der Waals surface area contributed by atoms with Crippen molar-refractivity contribution < 1.29 is 9.47 Å². The number of rotatable bonds is 6. The van der Waals surface area contributed by atoms with Crippen molar-refractivity contribution in [2.24, 2.45) is 11.7 Å². The van der Waals surface area contributed by atoms with Gasteiger partial charge >= 0.3 is 0 Å². The molecule has 0 spiro atoms. The highest BCUT2D eigenvalue weighted by Gasteiger charge is 2.33. The van der Waals surface area contributed by atoms with E-state index in [1.54, 1.807) is 0 Å². The van der Waals surface area contributed by atoms with Crippen LogP contribution >= 0.6 is 0 Å². The van der Waals surface area contributed by atoms with Gasteiger partial charge in [-0.15, -0.1) is 0 Å². The van der Waals surface area contributed by atoms with Crippen molar-refractivity contribution in [3.8, 4) is 0 Å². The molecule has 1 saturated carbocycles. The fourth-order valence-electron chi connectivity index (χ4n) is 2.24. The van der Waals surface area contributed by atoms with Crippen molar-refractivity contribution in [3.05, 3.63) is 0 Å². The second-order valence-corrected chi connectivity index (χ2v) is 5.34. The van der Waals surface area contributed by atoms with Crippen molar-refractivity contribution >= 4 is 0 Å². The lowest BCUT2D eigenvalue weighted by atomic mass is 9.79. The lowest BCUT2D eigenvalue weighted by Gasteiger charge is -2.38. The highest BCUT2D eigenvalue weighted by Crippen LogP contribution is 2.33. The van der Waals surface area contributed by atoms with Gasteiger partial charge < -0.3 is 15.2 Å². The summed E-state index contributed by atoms with van der Waals surface area (Å²) in [5.74, 6) is 0.829. The zero-order valence-electron chi connectivity index (χ0n) is 11.0. The van der Waals surface area contributed by atoms with Crippen LogP contribution in [0.4, 0.5) is 0 Å². The Labute approximate surface area is 99.7 Å². The Morgan fingerprint density at radius 3 is 2.38 bits per heavy atom. The van der Waals surface area contributed by atoms with E-state index < -0.39 is 0 Å². The first-order valence-corrected chi connectivity index (χ1v) is 6.53. The standard InChI is InChI=1S/C13H27NO2/c1-11(2)15-8-9-16-13(10-14)6-4-12(3)5-7-13/h11-12H,4-10,14H2,1-3H3. The fourth-order valence-corrected chi connectivity index (χ4v) is 2.24. The van der Waals surface area contributed by atoms with Gasteiger partial charge in [0.15, 0.2) is 0 Å². The van der Waals surface area contributed by atoms with E-state index in [9.17, 15) is 0 Å². The molecule has 0 unspecified atom stereocenters. The summed E-state index contributed by atoms with van der Waals surface area (Å²) in [5, 5.41) is 0. The molecule has 0 amide bonds. The molecule has 0 aromatic rings. The molecule has 1 rings (SSSR count). The SMILES string of the molecule is CC1CCC(CN)(OCCOC(C)C)CC1. The molecule has 0 aromatic carbocycles. The van der Waals surface area contributed by atoms with Gasteiger partial charge in [0.05, 0.1) is 24.9 Å². The normalized spacial score (nSPS) is 30.9. The lowest BCUT2D eigenvalue weighted by Crippen LogP contribution is -2.44. The first kappa shape index (κ1) is 13.9. The molecule has 1 aliphatic carbocycles. The topological polar surface area (TPSA) is 44.5 Å². The molecule has 96 valence electrons. The second-order valence-electron chi connectivity index (χ2n) is 5.34. The molecule has 3 nitrogen and oxygen atoms in total. The molecule has 2 N–H and O–H groups in total. The molecular weight excluding hydrogens is 202 g/mol. The van der Waals surface area contributed by atoms with Crippen LogP contribution in [0.25, 0.3) is 0 Å². The highest BCUT2D eigenvalue weighted by molar-refractivity contribution is 4.87. The largest absolute Gasteiger partial charge is 0.376 e. The van der Waals surface area contributed by atoms with Gasteiger partial charge in [-0.1, -0.05) is 6.92 Å². The number of ether oxygens (including phenoxy) is 2.